The van der Waals surface area contributed by atoms with E-state index >= 15 is 0 Å². The van der Waals surface area contributed by atoms with Crippen molar-refractivity contribution in [3.63, 3.8) is 0 Å². The molecule has 6 nitrogen and oxygen atoms in total. The van der Waals surface area contributed by atoms with Crippen LogP contribution >= 0.6 is 0 Å². The first-order valence-electron chi connectivity index (χ1n) is 6.13. The Hall–Kier alpha value is -2.34. The number of rotatable bonds is 7. The van der Waals surface area contributed by atoms with Crippen LogP contribution in [0.5, 0.6) is 5.75 Å². The van der Waals surface area contributed by atoms with Gasteiger partial charge < -0.3 is 19.6 Å². The molecule has 0 bridgehead atoms. The Labute approximate surface area is 116 Å². The first-order valence-corrected chi connectivity index (χ1v) is 6.13. The number of nitrogens with zero attached hydrogens (tertiary/aromatic N) is 1. The number of aliphatic hydroxyl groups is 1. The zero-order valence-corrected chi connectivity index (χ0v) is 11.1. The van der Waals surface area contributed by atoms with Crippen molar-refractivity contribution in [1.29, 1.82) is 0 Å². The van der Waals surface area contributed by atoms with Crippen molar-refractivity contribution in [3.05, 3.63) is 47.5 Å². The molecule has 2 rings (SSSR count). The van der Waals surface area contributed by atoms with Gasteiger partial charge in [-0.2, -0.15) is 0 Å². The minimum atomic E-state index is -0.533. The highest BCUT2D eigenvalue weighted by molar-refractivity contribution is 5.39. The molecule has 0 aliphatic rings. The van der Waals surface area contributed by atoms with E-state index in [1.54, 1.807) is 7.11 Å². The van der Waals surface area contributed by atoms with Gasteiger partial charge in [-0.05, 0) is 17.7 Å². The van der Waals surface area contributed by atoms with Crippen LogP contribution in [0.1, 0.15) is 23.1 Å². The van der Waals surface area contributed by atoms with E-state index in [0.717, 1.165) is 11.3 Å². The number of carbonyl (C=O) groups is 1. The maximum absolute atomic E-state index is 10.7. The predicted molar refractivity (Wildman–Crippen MR) is 71.1 cm³/mol. The molecule has 6 heteroatoms. The van der Waals surface area contributed by atoms with Crippen LogP contribution in [0.2, 0.25) is 0 Å². The molecule has 1 unspecified atom stereocenters. The maximum Gasteiger partial charge on any atom is 0.293 e. The monoisotopic (exact) mass is 276 g/mol. The zero-order chi connectivity index (χ0) is 14.4. The van der Waals surface area contributed by atoms with Gasteiger partial charge in [-0.3, -0.25) is 4.79 Å². The summed E-state index contributed by atoms with van der Waals surface area (Å²) in [6, 6.07) is 7.46. The first-order chi connectivity index (χ1) is 9.78. The van der Waals surface area contributed by atoms with E-state index in [-0.39, 0.29) is 6.61 Å². The molecule has 0 aliphatic carbocycles. The molecule has 0 saturated carbocycles. The molecule has 2 aromatic rings. The minimum absolute atomic E-state index is 0.184. The van der Waals surface area contributed by atoms with Gasteiger partial charge in [0, 0.05) is 6.42 Å². The van der Waals surface area contributed by atoms with Crippen molar-refractivity contribution >= 4 is 6.47 Å². The van der Waals surface area contributed by atoms with Gasteiger partial charge in [0.2, 0.25) is 0 Å². The summed E-state index contributed by atoms with van der Waals surface area (Å²) in [6.07, 6.45) is 1.41. The van der Waals surface area contributed by atoms with Crippen LogP contribution in [0.25, 0.3) is 0 Å². The molecule has 1 heterocycles. The average molecular weight is 276 g/mol. The third-order valence-electron chi connectivity index (χ3n) is 3.01. The molecule has 0 aliphatic heterocycles. The number of nitrogens with one attached hydrogen (secondary N) is 1. The van der Waals surface area contributed by atoms with E-state index in [9.17, 15) is 9.90 Å². The highest BCUT2D eigenvalue weighted by Crippen LogP contribution is 2.23. The number of methoxy groups -OCH3 is 1. The highest BCUT2D eigenvalue weighted by atomic mass is 16.5. The summed E-state index contributed by atoms with van der Waals surface area (Å²) < 4.78 is 10.2. The minimum Gasteiger partial charge on any atom is -0.497 e. The molecule has 1 atom stereocenters. The van der Waals surface area contributed by atoms with Crippen molar-refractivity contribution in [2.24, 2.45) is 0 Å². The van der Waals surface area contributed by atoms with E-state index in [0.29, 0.717) is 24.3 Å². The number of H-pyrrole nitrogens is 1. The summed E-state index contributed by atoms with van der Waals surface area (Å²) in [4.78, 5) is 17.6. The number of aromatic amines is 1. The van der Waals surface area contributed by atoms with Crippen LogP contribution < -0.4 is 4.74 Å². The Morgan fingerprint density at radius 2 is 2.15 bits per heavy atom. The predicted octanol–water partition coefficient (Wildman–Crippen LogP) is 1.37. The summed E-state index contributed by atoms with van der Waals surface area (Å²) >= 11 is 0. The fourth-order valence-corrected chi connectivity index (χ4v) is 1.99. The van der Waals surface area contributed by atoms with Gasteiger partial charge in [0.05, 0.1) is 25.7 Å². The fourth-order valence-electron chi connectivity index (χ4n) is 1.99. The molecule has 20 heavy (non-hydrogen) atoms. The number of ether oxygens (including phenoxy) is 2. The number of hydrogen-bond donors (Lipinski definition) is 2. The quantitative estimate of drug-likeness (QED) is 0.746. The highest BCUT2D eigenvalue weighted by Gasteiger charge is 2.19. The second kappa shape index (κ2) is 6.72. The topological polar surface area (TPSA) is 84.4 Å². The number of hydrogen-bond acceptors (Lipinski definition) is 5. The number of aliphatic hydroxyl groups excluding tert-OH is 1. The Bertz CT molecular complexity index is 551. The first kappa shape index (κ1) is 14.1. The van der Waals surface area contributed by atoms with Crippen LogP contribution in [0.3, 0.4) is 0 Å². The van der Waals surface area contributed by atoms with Crippen LogP contribution in [-0.2, 0) is 22.6 Å². The third-order valence-corrected chi connectivity index (χ3v) is 3.01. The third kappa shape index (κ3) is 3.16. The van der Waals surface area contributed by atoms with Crippen molar-refractivity contribution < 1.29 is 19.4 Å². The SMILES string of the molecule is COc1ccc(CC(OC=O)c2nc[nH]c2CO)cc1. The molecule has 106 valence electrons. The van der Waals surface area contributed by atoms with Gasteiger partial charge in [0.1, 0.15) is 17.5 Å². The van der Waals surface area contributed by atoms with E-state index in [1.165, 1.54) is 6.33 Å². The van der Waals surface area contributed by atoms with Crippen molar-refractivity contribution in [1.82, 2.24) is 9.97 Å². The molecule has 0 saturated heterocycles. The van der Waals surface area contributed by atoms with Crippen molar-refractivity contribution in [3.8, 4) is 5.75 Å². The molecule has 0 fully saturated rings. The number of imidazole rings is 1. The lowest BCUT2D eigenvalue weighted by Crippen LogP contribution is -2.10. The second-order valence-electron chi connectivity index (χ2n) is 4.20. The summed E-state index contributed by atoms with van der Waals surface area (Å²) in [5, 5.41) is 9.23. The second-order valence-corrected chi connectivity index (χ2v) is 4.20. The molecular weight excluding hydrogens is 260 g/mol. The van der Waals surface area contributed by atoms with E-state index in [2.05, 4.69) is 9.97 Å². The average Bonchev–Trinajstić information content (AvgIpc) is 2.96. The van der Waals surface area contributed by atoms with Crippen LogP contribution in [0.4, 0.5) is 0 Å². The van der Waals surface area contributed by atoms with Gasteiger partial charge in [0.15, 0.2) is 0 Å². The maximum atomic E-state index is 10.7. The molecule has 0 spiro atoms. The molecule has 0 amide bonds. The normalized spacial score (nSPS) is 11.9. The van der Waals surface area contributed by atoms with E-state index in [4.69, 9.17) is 9.47 Å². The lowest BCUT2D eigenvalue weighted by molar-refractivity contribution is -0.134. The Morgan fingerprint density at radius 3 is 2.75 bits per heavy atom. The van der Waals surface area contributed by atoms with E-state index in [1.807, 2.05) is 24.3 Å². The van der Waals surface area contributed by atoms with Gasteiger partial charge in [-0.25, -0.2) is 4.98 Å². The molecule has 1 aromatic carbocycles. The largest absolute Gasteiger partial charge is 0.497 e. The lowest BCUT2D eigenvalue weighted by Gasteiger charge is -2.14. The van der Waals surface area contributed by atoms with Gasteiger partial charge in [0.25, 0.3) is 6.47 Å². The van der Waals surface area contributed by atoms with E-state index < -0.39 is 6.10 Å². The summed E-state index contributed by atoms with van der Waals surface area (Å²) in [6.45, 7) is 0.209. The fraction of sp³-hybridized carbons (Fsp3) is 0.286. The molecule has 2 N–H and O–H groups in total. The summed E-state index contributed by atoms with van der Waals surface area (Å²) in [5.41, 5.74) is 2.06. The Morgan fingerprint density at radius 1 is 1.40 bits per heavy atom. The van der Waals surface area contributed by atoms with Crippen LogP contribution in [0.15, 0.2) is 30.6 Å². The van der Waals surface area contributed by atoms with Crippen molar-refractivity contribution in [2.75, 3.05) is 7.11 Å². The van der Waals surface area contributed by atoms with Gasteiger partial charge in [-0.15, -0.1) is 0 Å². The van der Waals surface area contributed by atoms with Gasteiger partial charge >= 0.3 is 0 Å². The number of benzene rings is 1. The Kier molecular flexibility index (Phi) is 4.73. The standard InChI is InChI=1S/C14H16N2O4/c1-19-11-4-2-10(3-5-11)6-13(20-9-18)14-12(7-17)15-8-16-14/h2-5,8-9,13,17H,6-7H2,1H3,(H,15,16). The summed E-state index contributed by atoms with van der Waals surface area (Å²) in [5.74, 6) is 0.762. The molecule has 1 aromatic heterocycles. The number of aromatic nitrogens is 2. The Balaban J connectivity index is 2.18. The molecular formula is C14H16N2O4. The smallest absolute Gasteiger partial charge is 0.293 e. The van der Waals surface area contributed by atoms with Gasteiger partial charge in [-0.1, -0.05) is 12.1 Å². The lowest BCUT2D eigenvalue weighted by atomic mass is 10.0. The zero-order valence-electron chi connectivity index (χ0n) is 11.1. The van der Waals surface area contributed by atoms with Crippen LogP contribution in [-0.4, -0.2) is 28.7 Å². The summed E-state index contributed by atoms with van der Waals surface area (Å²) in [7, 11) is 1.60. The van der Waals surface area contributed by atoms with Crippen LogP contribution in [0, 0.1) is 0 Å². The number of carbonyl (C=O) groups excluding carboxylic acids is 1. The molecule has 0 radical (unpaired) electrons. The van der Waals surface area contributed by atoms with Crippen molar-refractivity contribution in [2.45, 2.75) is 19.1 Å².